The Morgan fingerprint density at radius 3 is 2.06 bits per heavy atom. The van der Waals surface area contributed by atoms with E-state index in [1.54, 1.807) is 13.8 Å². The maximum atomic E-state index is 11.4. The third-order valence-electron chi connectivity index (χ3n) is 2.70. The van der Waals surface area contributed by atoms with E-state index in [1.807, 2.05) is 13.8 Å². The summed E-state index contributed by atoms with van der Waals surface area (Å²) in [6.07, 6.45) is 5.69. The van der Waals surface area contributed by atoms with Gasteiger partial charge in [-0.3, -0.25) is 0 Å². The zero-order valence-corrected chi connectivity index (χ0v) is 13.1. The molecule has 0 aliphatic rings. The van der Waals surface area contributed by atoms with Crippen LogP contribution in [0.1, 0.15) is 59.8 Å². The molecule has 0 saturated carbocycles. The second-order valence-corrected chi connectivity index (χ2v) is 7.50. The van der Waals surface area contributed by atoms with Crippen LogP contribution in [0.2, 0.25) is 0 Å². The molecule has 5 heteroatoms. The monoisotopic (exact) mass is 279 g/mol. The highest BCUT2D eigenvalue weighted by Crippen LogP contribution is 2.04. The molecule has 0 rings (SSSR count). The fourth-order valence-electron chi connectivity index (χ4n) is 1.46. The van der Waals surface area contributed by atoms with Crippen molar-refractivity contribution in [2.75, 3.05) is 13.2 Å². The summed E-state index contributed by atoms with van der Waals surface area (Å²) < 4.78 is 31.0. The first-order chi connectivity index (χ1) is 8.36. The maximum absolute atomic E-state index is 11.4. The normalized spacial score (nSPS) is 12.6. The zero-order chi connectivity index (χ0) is 14.0. The molecule has 0 heterocycles. The summed E-state index contributed by atoms with van der Waals surface area (Å²) in [5.74, 6) is 0. The quantitative estimate of drug-likeness (QED) is 0.592. The molecule has 0 amide bonds. The van der Waals surface area contributed by atoms with E-state index in [4.69, 9.17) is 4.74 Å². The van der Waals surface area contributed by atoms with Crippen LogP contribution in [0.5, 0.6) is 0 Å². The van der Waals surface area contributed by atoms with Crippen LogP contribution in [0.25, 0.3) is 0 Å². The van der Waals surface area contributed by atoms with Crippen LogP contribution in [0.15, 0.2) is 0 Å². The summed E-state index contributed by atoms with van der Waals surface area (Å²) in [5, 5.41) is -0.342. The van der Waals surface area contributed by atoms with E-state index >= 15 is 0 Å². The predicted molar refractivity (Wildman–Crippen MR) is 76.2 cm³/mol. The van der Waals surface area contributed by atoms with Gasteiger partial charge in [-0.05, 0) is 40.5 Å². The average molecular weight is 279 g/mol. The lowest BCUT2D eigenvalue weighted by molar-refractivity contribution is 0.0757. The molecule has 0 aromatic heterocycles. The molecular weight excluding hydrogens is 250 g/mol. The Balaban J connectivity index is 3.32. The molecule has 110 valence electrons. The van der Waals surface area contributed by atoms with Gasteiger partial charge in [-0.2, -0.15) is 0 Å². The van der Waals surface area contributed by atoms with Gasteiger partial charge in [0.1, 0.15) is 0 Å². The summed E-state index contributed by atoms with van der Waals surface area (Å²) in [7, 11) is -3.08. The predicted octanol–water partition coefficient (Wildman–Crippen LogP) is 2.69. The first-order valence-corrected chi connectivity index (χ1v) is 8.51. The zero-order valence-electron chi connectivity index (χ0n) is 12.2. The number of nitrogens with one attached hydrogen (secondary N) is 1. The Kier molecular flexibility index (Phi) is 9.68. The Labute approximate surface area is 113 Å². The number of unbranched alkanes of at least 4 members (excludes halogenated alkanes) is 4. The highest BCUT2D eigenvalue weighted by atomic mass is 32.2. The van der Waals surface area contributed by atoms with Crippen LogP contribution in [0.4, 0.5) is 0 Å². The summed E-state index contributed by atoms with van der Waals surface area (Å²) in [4.78, 5) is 0. The van der Waals surface area contributed by atoms with Crippen molar-refractivity contribution in [2.45, 2.75) is 71.2 Å². The van der Waals surface area contributed by atoms with E-state index in [1.165, 1.54) is 0 Å². The van der Waals surface area contributed by atoms with E-state index in [-0.39, 0.29) is 5.25 Å². The van der Waals surface area contributed by atoms with Crippen molar-refractivity contribution in [3.8, 4) is 0 Å². The molecule has 0 radical (unpaired) electrons. The first kappa shape index (κ1) is 17.9. The minimum Gasteiger partial charge on any atom is -0.379 e. The van der Waals surface area contributed by atoms with Gasteiger partial charge in [0.05, 0.1) is 11.4 Å². The van der Waals surface area contributed by atoms with Crippen LogP contribution in [-0.4, -0.2) is 32.9 Å². The third kappa shape index (κ3) is 9.85. The number of sulfonamides is 1. The van der Waals surface area contributed by atoms with Crippen LogP contribution < -0.4 is 4.72 Å². The van der Waals surface area contributed by atoms with Crippen molar-refractivity contribution in [2.24, 2.45) is 0 Å². The SMILES string of the molecule is CC(C)OCCCCCCCNS(=O)(=O)C(C)C. The van der Waals surface area contributed by atoms with Crippen LogP contribution in [0, 0.1) is 0 Å². The van der Waals surface area contributed by atoms with Crippen LogP contribution in [-0.2, 0) is 14.8 Å². The molecule has 1 N–H and O–H groups in total. The molecule has 0 bridgehead atoms. The van der Waals surface area contributed by atoms with Crippen LogP contribution >= 0.6 is 0 Å². The second kappa shape index (κ2) is 9.75. The smallest absolute Gasteiger partial charge is 0.213 e. The number of hydrogen-bond donors (Lipinski definition) is 1. The van der Waals surface area contributed by atoms with Gasteiger partial charge in [-0.1, -0.05) is 19.3 Å². The van der Waals surface area contributed by atoms with E-state index < -0.39 is 10.0 Å². The number of ether oxygens (including phenoxy) is 1. The number of hydrogen-bond acceptors (Lipinski definition) is 3. The van der Waals surface area contributed by atoms with Crippen molar-refractivity contribution >= 4 is 10.0 Å². The highest BCUT2D eigenvalue weighted by molar-refractivity contribution is 7.90. The third-order valence-corrected chi connectivity index (χ3v) is 4.54. The van der Waals surface area contributed by atoms with E-state index in [9.17, 15) is 8.42 Å². The first-order valence-electron chi connectivity index (χ1n) is 6.96. The Hall–Kier alpha value is -0.130. The summed E-state index contributed by atoms with van der Waals surface area (Å²) >= 11 is 0. The lowest BCUT2D eigenvalue weighted by atomic mass is 10.1. The van der Waals surface area contributed by atoms with Crippen molar-refractivity contribution in [1.82, 2.24) is 4.72 Å². The van der Waals surface area contributed by atoms with E-state index in [0.717, 1.165) is 38.7 Å². The second-order valence-electron chi connectivity index (χ2n) is 5.18. The lowest BCUT2D eigenvalue weighted by Crippen LogP contribution is -2.31. The molecule has 0 aliphatic carbocycles. The van der Waals surface area contributed by atoms with Gasteiger partial charge in [0.25, 0.3) is 0 Å². The molecule has 4 nitrogen and oxygen atoms in total. The molecule has 0 unspecified atom stereocenters. The Morgan fingerprint density at radius 2 is 1.50 bits per heavy atom. The fraction of sp³-hybridized carbons (Fsp3) is 1.00. The van der Waals surface area contributed by atoms with Crippen molar-refractivity contribution in [3.05, 3.63) is 0 Å². The highest BCUT2D eigenvalue weighted by Gasteiger charge is 2.13. The molecule has 0 aromatic rings. The summed E-state index contributed by atoms with van der Waals surface area (Å²) in [6.45, 7) is 8.86. The van der Waals surface area contributed by atoms with Gasteiger partial charge < -0.3 is 4.74 Å². The Bertz CT molecular complexity index is 287. The van der Waals surface area contributed by atoms with Crippen molar-refractivity contribution < 1.29 is 13.2 Å². The van der Waals surface area contributed by atoms with Crippen molar-refractivity contribution in [1.29, 1.82) is 0 Å². The standard InChI is InChI=1S/C13H29NO3S/c1-12(2)17-11-9-7-5-6-8-10-14-18(15,16)13(3)4/h12-14H,5-11H2,1-4H3. The molecule has 18 heavy (non-hydrogen) atoms. The molecule has 0 spiro atoms. The summed E-state index contributed by atoms with van der Waals surface area (Å²) in [5.41, 5.74) is 0. The molecule has 0 aliphatic heterocycles. The van der Waals surface area contributed by atoms with Gasteiger partial charge in [0, 0.05) is 13.2 Å². The average Bonchev–Trinajstić information content (AvgIpc) is 2.26. The van der Waals surface area contributed by atoms with Gasteiger partial charge in [-0.15, -0.1) is 0 Å². The maximum Gasteiger partial charge on any atom is 0.213 e. The summed E-state index contributed by atoms with van der Waals surface area (Å²) in [6, 6.07) is 0. The van der Waals surface area contributed by atoms with Gasteiger partial charge >= 0.3 is 0 Å². The Morgan fingerprint density at radius 1 is 0.944 bits per heavy atom. The molecule has 0 fully saturated rings. The molecule has 0 aromatic carbocycles. The van der Waals surface area contributed by atoms with Gasteiger partial charge in [0.15, 0.2) is 0 Å². The minimum atomic E-state index is -3.08. The minimum absolute atomic E-state index is 0.315. The van der Waals surface area contributed by atoms with Gasteiger partial charge in [0.2, 0.25) is 10.0 Å². The van der Waals surface area contributed by atoms with Crippen molar-refractivity contribution in [3.63, 3.8) is 0 Å². The van der Waals surface area contributed by atoms with E-state index in [0.29, 0.717) is 12.6 Å². The number of rotatable bonds is 11. The fourth-order valence-corrected chi connectivity index (χ4v) is 2.22. The molecule has 0 atom stereocenters. The van der Waals surface area contributed by atoms with Crippen LogP contribution in [0.3, 0.4) is 0 Å². The largest absolute Gasteiger partial charge is 0.379 e. The molecular formula is C13H29NO3S. The topological polar surface area (TPSA) is 55.4 Å². The van der Waals surface area contributed by atoms with E-state index in [2.05, 4.69) is 4.72 Å². The lowest BCUT2D eigenvalue weighted by Gasteiger charge is -2.09. The molecule has 0 saturated heterocycles. The van der Waals surface area contributed by atoms with Gasteiger partial charge in [-0.25, -0.2) is 13.1 Å².